The lowest BCUT2D eigenvalue weighted by Gasteiger charge is -2.22. The molecule has 2 rings (SSSR count). The van der Waals surface area contributed by atoms with Crippen LogP contribution >= 0.6 is 24.0 Å². The van der Waals surface area contributed by atoms with Crippen molar-refractivity contribution in [1.82, 2.24) is 10.6 Å². The first-order chi connectivity index (χ1) is 13.0. The third kappa shape index (κ3) is 9.42. The van der Waals surface area contributed by atoms with Crippen LogP contribution < -0.4 is 10.6 Å². The van der Waals surface area contributed by atoms with Gasteiger partial charge in [0, 0.05) is 40.0 Å². The Morgan fingerprint density at radius 3 is 2.39 bits per heavy atom. The lowest BCUT2D eigenvalue weighted by Crippen LogP contribution is -2.39. The molecule has 1 aromatic carbocycles. The smallest absolute Gasteiger partial charge is 0.381 e. The Bertz CT molecular complexity index is 577. The van der Waals surface area contributed by atoms with E-state index < -0.39 is 11.7 Å². The topological polar surface area (TPSA) is 54.9 Å². The number of rotatable bonds is 8. The van der Waals surface area contributed by atoms with Gasteiger partial charge in [-0.3, -0.25) is 4.99 Å². The van der Waals surface area contributed by atoms with Crippen LogP contribution in [0, 0.1) is 0 Å². The number of alkyl halides is 3. The number of nitrogens with zero attached hydrogens (tertiary/aromatic N) is 1. The molecular weight excluding hydrogens is 486 g/mol. The van der Waals surface area contributed by atoms with Gasteiger partial charge in [-0.25, -0.2) is 0 Å². The molecule has 0 unspecified atom stereocenters. The zero-order chi connectivity index (χ0) is 19.5. The zero-order valence-corrected chi connectivity index (χ0v) is 18.4. The van der Waals surface area contributed by atoms with Crippen molar-refractivity contribution in [2.45, 2.75) is 38.0 Å². The molecule has 0 saturated carbocycles. The van der Waals surface area contributed by atoms with Crippen molar-refractivity contribution in [2.75, 3.05) is 40.0 Å². The monoisotopic (exact) mass is 515 g/mol. The fourth-order valence-electron chi connectivity index (χ4n) is 2.78. The number of benzene rings is 1. The van der Waals surface area contributed by atoms with Gasteiger partial charge in [-0.2, -0.15) is 13.2 Å². The maximum absolute atomic E-state index is 12.6. The molecule has 0 aromatic heterocycles. The second-order valence-corrected chi connectivity index (χ2v) is 6.41. The maximum Gasteiger partial charge on any atom is 0.416 e. The fourth-order valence-corrected chi connectivity index (χ4v) is 2.78. The van der Waals surface area contributed by atoms with Crippen LogP contribution in [-0.4, -0.2) is 52.0 Å². The summed E-state index contributed by atoms with van der Waals surface area (Å²) in [5.74, 6) is 0.674. The van der Waals surface area contributed by atoms with E-state index in [1.165, 1.54) is 12.1 Å². The fraction of sp³-hybridized carbons (Fsp3) is 0.632. The summed E-state index contributed by atoms with van der Waals surface area (Å²) < 4.78 is 48.8. The Morgan fingerprint density at radius 2 is 1.79 bits per heavy atom. The van der Waals surface area contributed by atoms with Crippen molar-refractivity contribution in [3.05, 3.63) is 35.4 Å². The molecule has 0 aliphatic carbocycles. The Labute approximate surface area is 181 Å². The molecule has 1 aromatic rings. The van der Waals surface area contributed by atoms with Crippen molar-refractivity contribution in [3.8, 4) is 0 Å². The molecular formula is C19H29F3IN3O2. The highest BCUT2D eigenvalue weighted by atomic mass is 127. The Hall–Kier alpha value is -1.07. The zero-order valence-electron chi connectivity index (χ0n) is 16.1. The van der Waals surface area contributed by atoms with E-state index in [2.05, 4.69) is 15.6 Å². The molecule has 1 saturated heterocycles. The summed E-state index contributed by atoms with van der Waals surface area (Å²) in [4.78, 5) is 4.14. The molecule has 1 heterocycles. The molecule has 0 amide bonds. The third-order valence-corrected chi connectivity index (χ3v) is 4.35. The second-order valence-electron chi connectivity index (χ2n) is 6.41. The highest BCUT2D eigenvalue weighted by Gasteiger charge is 2.29. The molecule has 0 radical (unpaired) electrons. The van der Waals surface area contributed by atoms with E-state index in [1.807, 2.05) is 0 Å². The SMILES string of the molecule is CN=C(NCCCOC1CCOCC1)NCCc1ccc(C(F)(F)F)cc1.I. The highest BCUT2D eigenvalue weighted by Crippen LogP contribution is 2.29. The normalized spacial score (nSPS) is 15.8. The van der Waals surface area contributed by atoms with Crippen molar-refractivity contribution in [1.29, 1.82) is 0 Å². The molecule has 160 valence electrons. The first-order valence-corrected chi connectivity index (χ1v) is 9.29. The number of ether oxygens (including phenoxy) is 2. The largest absolute Gasteiger partial charge is 0.416 e. The van der Waals surface area contributed by atoms with Crippen LogP contribution in [0.4, 0.5) is 13.2 Å². The first kappa shape index (κ1) is 25.0. The maximum atomic E-state index is 12.6. The van der Waals surface area contributed by atoms with Gasteiger partial charge in [0.05, 0.1) is 11.7 Å². The summed E-state index contributed by atoms with van der Waals surface area (Å²) in [5.41, 5.74) is 0.218. The summed E-state index contributed by atoms with van der Waals surface area (Å²) >= 11 is 0. The summed E-state index contributed by atoms with van der Waals surface area (Å²) in [6, 6.07) is 5.24. The standard InChI is InChI=1S/C19H28F3N3O2.HI/c1-23-18(24-10-2-12-27-17-8-13-26-14-9-17)25-11-7-15-3-5-16(6-4-15)19(20,21)22;/h3-6,17H,2,7-14H2,1H3,(H2,23,24,25);1H. The summed E-state index contributed by atoms with van der Waals surface area (Å²) in [5, 5.41) is 6.37. The number of hydrogen-bond donors (Lipinski definition) is 2. The molecule has 2 N–H and O–H groups in total. The second kappa shape index (κ2) is 13.2. The minimum absolute atomic E-state index is 0. The molecule has 5 nitrogen and oxygen atoms in total. The van der Waals surface area contributed by atoms with Gasteiger partial charge in [0.1, 0.15) is 0 Å². The number of hydrogen-bond acceptors (Lipinski definition) is 3. The minimum Gasteiger partial charge on any atom is -0.381 e. The van der Waals surface area contributed by atoms with Gasteiger partial charge in [-0.05, 0) is 43.4 Å². The molecule has 1 fully saturated rings. The van der Waals surface area contributed by atoms with Crippen LogP contribution in [-0.2, 0) is 22.1 Å². The van der Waals surface area contributed by atoms with Crippen LogP contribution in [0.1, 0.15) is 30.4 Å². The lowest BCUT2D eigenvalue weighted by atomic mass is 10.1. The lowest BCUT2D eigenvalue weighted by molar-refractivity contribution is -0.137. The number of halogens is 4. The van der Waals surface area contributed by atoms with Gasteiger partial charge in [0.15, 0.2) is 5.96 Å². The van der Waals surface area contributed by atoms with Crippen molar-refractivity contribution >= 4 is 29.9 Å². The average Bonchev–Trinajstić information content (AvgIpc) is 2.67. The van der Waals surface area contributed by atoms with Gasteiger partial charge >= 0.3 is 6.18 Å². The molecule has 1 aliphatic rings. The van der Waals surface area contributed by atoms with E-state index in [1.54, 1.807) is 7.05 Å². The van der Waals surface area contributed by atoms with Gasteiger partial charge < -0.3 is 20.1 Å². The van der Waals surface area contributed by atoms with Crippen molar-refractivity contribution in [3.63, 3.8) is 0 Å². The van der Waals surface area contributed by atoms with Crippen LogP contribution in [0.2, 0.25) is 0 Å². The number of nitrogens with one attached hydrogen (secondary N) is 2. The Kier molecular flexibility index (Phi) is 11.8. The average molecular weight is 515 g/mol. The van der Waals surface area contributed by atoms with E-state index in [-0.39, 0.29) is 24.0 Å². The molecule has 0 spiro atoms. The van der Waals surface area contributed by atoms with E-state index in [9.17, 15) is 13.2 Å². The minimum atomic E-state index is -4.29. The van der Waals surface area contributed by atoms with Crippen molar-refractivity contribution < 1.29 is 22.6 Å². The number of aliphatic imine (C=N–C) groups is 1. The highest BCUT2D eigenvalue weighted by molar-refractivity contribution is 14.0. The predicted octanol–water partition coefficient (Wildman–Crippen LogP) is 3.62. The summed E-state index contributed by atoms with van der Waals surface area (Å²) in [6.45, 7) is 3.57. The van der Waals surface area contributed by atoms with Crippen LogP contribution in [0.5, 0.6) is 0 Å². The Morgan fingerprint density at radius 1 is 1.14 bits per heavy atom. The molecule has 0 atom stereocenters. The number of guanidine groups is 1. The van der Waals surface area contributed by atoms with E-state index >= 15 is 0 Å². The first-order valence-electron chi connectivity index (χ1n) is 9.29. The van der Waals surface area contributed by atoms with Gasteiger partial charge in [0.2, 0.25) is 0 Å². The molecule has 28 heavy (non-hydrogen) atoms. The van der Waals surface area contributed by atoms with Gasteiger partial charge in [0.25, 0.3) is 0 Å². The van der Waals surface area contributed by atoms with Gasteiger partial charge in [-0.1, -0.05) is 12.1 Å². The van der Waals surface area contributed by atoms with E-state index in [4.69, 9.17) is 9.47 Å². The molecule has 9 heteroatoms. The predicted molar refractivity (Wildman–Crippen MR) is 114 cm³/mol. The van der Waals surface area contributed by atoms with Crippen LogP contribution in [0.3, 0.4) is 0 Å². The Balaban J connectivity index is 0.00000392. The quantitative estimate of drug-likeness (QED) is 0.241. The van der Waals surface area contributed by atoms with E-state index in [0.29, 0.717) is 31.6 Å². The van der Waals surface area contributed by atoms with Crippen molar-refractivity contribution in [2.24, 2.45) is 4.99 Å². The summed E-state index contributed by atoms with van der Waals surface area (Å²) in [7, 11) is 1.69. The van der Waals surface area contributed by atoms with E-state index in [0.717, 1.165) is 56.7 Å². The van der Waals surface area contributed by atoms with Gasteiger partial charge in [-0.15, -0.1) is 24.0 Å². The van der Waals surface area contributed by atoms with Crippen LogP contribution in [0.25, 0.3) is 0 Å². The summed E-state index contributed by atoms with van der Waals surface area (Å²) in [6.07, 6.45) is -0.582. The van der Waals surface area contributed by atoms with Crippen LogP contribution in [0.15, 0.2) is 29.3 Å². The molecule has 0 bridgehead atoms. The third-order valence-electron chi connectivity index (χ3n) is 4.35. The molecule has 1 aliphatic heterocycles.